The van der Waals surface area contributed by atoms with E-state index in [0.717, 1.165) is 50.4 Å². The lowest BCUT2D eigenvalue weighted by molar-refractivity contribution is 0.0602. The van der Waals surface area contributed by atoms with Gasteiger partial charge in [-0.1, -0.05) is 20.8 Å². The van der Waals surface area contributed by atoms with Crippen LogP contribution >= 0.6 is 11.3 Å². The molecule has 0 aromatic carbocycles. The normalized spacial score (nSPS) is 24.0. The number of ether oxygens (including phenoxy) is 1. The van der Waals surface area contributed by atoms with Gasteiger partial charge in [-0.2, -0.15) is 0 Å². The molecule has 1 aromatic rings. The van der Waals surface area contributed by atoms with Gasteiger partial charge in [0.1, 0.15) is 16.8 Å². The van der Waals surface area contributed by atoms with Crippen molar-refractivity contribution in [1.29, 1.82) is 0 Å². The van der Waals surface area contributed by atoms with E-state index in [4.69, 9.17) is 4.74 Å². The highest BCUT2D eigenvalue weighted by Crippen LogP contribution is 2.35. The third kappa shape index (κ3) is 3.35. The third-order valence-electron chi connectivity index (χ3n) is 4.95. The second-order valence-corrected chi connectivity index (χ2v) is 8.39. The molecule has 0 bridgehead atoms. The van der Waals surface area contributed by atoms with Crippen LogP contribution in [0.15, 0.2) is 5.38 Å². The third-order valence-corrected chi connectivity index (χ3v) is 5.89. The van der Waals surface area contributed by atoms with Crippen LogP contribution in [0.5, 0.6) is 0 Å². The van der Waals surface area contributed by atoms with Crippen molar-refractivity contribution in [3.8, 4) is 0 Å². The summed E-state index contributed by atoms with van der Waals surface area (Å²) in [6.45, 7) is 9.41. The lowest BCUT2D eigenvalue weighted by Gasteiger charge is -2.38. The van der Waals surface area contributed by atoms with Crippen molar-refractivity contribution < 1.29 is 9.53 Å². The van der Waals surface area contributed by atoms with E-state index in [1.165, 1.54) is 0 Å². The molecular weight excluding hydrogens is 296 g/mol. The van der Waals surface area contributed by atoms with Gasteiger partial charge in [-0.25, -0.2) is 4.98 Å². The Morgan fingerprint density at radius 2 is 2.05 bits per heavy atom. The molecule has 3 heterocycles. The SMILES string of the molecule is CC(C)(C)C1CCN(C(=O)c2csc(C3CCCO3)n2)CC1. The van der Waals surface area contributed by atoms with Crippen molar-refractivity contribution in [1.82, 2.24) is 9.88 Å². The number of amides is 1. The Kier molecular flexibility index (Phi) is 4.55. The average molecular weight is 322 g/mol. The van der Waals surface area contributed by atoms with Crippen molar-refractivity contribution in [3.63, 3.8) is 0 Å². The monoisotopic (exact) mass is 322 g/mol. The Morgan fingerprint density at radius 3 is 2.64 bits per heavy atom. The van der Waals surface area contributed by atoms with Crippen LogP contribution in [0.2, 0.25) is 0 Å². The fourth-order valence-electron chi connectivity index (χ4n) is 3.42. The molecule has 122 valence electrons. The van der Waals surface area contributed by atoms with Gasteiger partial charge in [-0.3, -0.25) is 4.79 Å². The number of hydrogen-bond acceptors (Lipinski definition) is 4. The zero-order valence-electron chi connectivity index (χ0n) is 13.8. The van der Waals surface area contributed by atoms with E-state index in [2.05, 4.69) is 25.8 Å². The van der Waals surface area contributed by atoms with Gasteiger partial charge in [-0.15, -0.1) is 11.3 Å². The molecular formula is C17H26N2O2S. The minimum absolute atomic E-state index is 0.0906. The van der Waals surface area contributed by atoms with E-state index in [1.54, 1.807) is 11.3 Å². The number of piperidine rings is 1. The molecule has 2 aliphatic heterocycles. The number of aromatic nitrogens is 1. The standard InChI is InChI=1S/C17H26N2O2S/c1-17(2,3)12-6-8-19(9-7-12)16(20)13-11-22-15(18-13)14-5-4-10-21-14/h11-12,14H,4-10H2,1-3H3. The van der Waals surface area contributed by atoms with E-state index in [-0.39, 0.29) is 12.0 Å². The molecule has 2 saturated heterocycles. The van der Waals surface area contributed by atoms with E-state index in [9.17, 15) is 4.79 Å². The van der Waals surface area contributed by atoms with E-state index in [1.807, 2.05) is 10.3 Å². The molecule has 5 heteroatoms. The predicted octanol–water partition coefficient (Wildman–Crippen LogP) is 3.89. The van der Waals surface area contributed by atoms with Crippen molar-refractivity contribution in [2.24, 2.45) is 11.3 Å². The van der Waals surface area contributed by atoms with E-state index < -0.39 is 0 Å². The molecule has 0 N–H and O–H groups in total. The van der Waals surface area contributed by atoms with Crippen molar-refractivity contribution in [2.45, 2.75) is 52.6 Å². The second-order valence-electron chi connectivity index (χ2n) is 7.51. The minimum atomic E-state index is 0.0906. The first kappa shape index (κ1) is 15.9. The van der Waals surface area contributed by atoms with Crippen LogP contribution in [0.25, 0.3) is 0 Å². The quantitative estimate of drug-likeness (QED) is 0.829. The van der Waals surface area contributed by atoms with Crippen LogP contribution in [0.3, 0.4) is 0 Å². The summed E-state index contributed by atoms with van der Waals surface area (Å²) >= 11 is 1.56. The second kappa shape index (κ2) is 6.28. The first-order valence-corrected chi connectivity index (χ1v) is 9.19. The van der Waals surface area contributed by atoms with Gasteiger partial charge in [0.25, 0.3) is 5.91 Å². The van der Waals surface area contributed by atoms with Crippen LogP contribution in [-0.2, 0) is 4.74 Å². The molecule has 1 atom stereocenters. The zero-order chi connectivity index (χ0) is 15.7. The average Bonchev–Trinajstić information content (AvgIpc) is 3.16. The van der Waals surface area contributed by atoms with Gasteiger partial charge in [0.15, 0.2) is 0 Å². The first-order chi connectivity index (χ1) is 10.4. The number of carbonyl (C=O) groups is 1. The van der Waals surface area contributed by atoms with Gasteiger partial charge < -0.3 is 9.64 Å². The topological polar surface area (TPSA) is 42.4 Å². The molecule has 0 saturated carbocycles. The van der Waals surface area contributed by atoms with Crippen LogP contribution < -0.4 is 0 Å². The maximum Gasteiger partial charge on any atom is 0.273 e. The van der Waals surface area contributed by atoms with Gasteiger partial charge in [0.05, 0.1) is 0 Å². The number of thiazole rings is 1. The van der Waals surface area contributed by atoms with Gasteiger partial charge in [-0.05, 0) is 37.0 Å². The molecule has 0 aliphatic carbocycles. The smallest absolute Gasteiger partial charge is 0.273 e. The largest absolute Gasteiger partial charge is 0.371 e. The predicted molar refractivity (Wildman–Crippen MR) is 88.1 cm³/mol. The van der Waals surface area contributed by atoms with Gasteiger partial charge in [0.2, 0.25) is 0 Å². The summed E-state index contributed by atoms with van der Waals surface area (Å²) in [4.78, 5) is 19.1. The summed E-state index contributed by atoms with van der Waals surface area (Å²) < 4.78 is 5.65. The van der Waals surface area contributed by atoms with Crippen LogP contribution in [0.1, 0.15) is 68.1 Å². The summed E-state index contributed by atoms with van der Waals surface area (Å²) in [5.41, 5.74) is 0.938. The van der Waals surface area contributed by atoms with Crippen LogP contribution in [0.4, 0.5) is 0 Å². The minimum Gasteiger partial charge on any atom is -0.371 e. The first-order valence-electron chi connectivity index (χ1n) is 8.31. The number of carbonyl (C=O) groups excluding carboxylic acids is 1. The number of likely N-dealkylation sites (tertiary alicyclic amines) is 1. The van der Waals surface area contributed by atoms with Gasteiger partial charge >= 0.3 is 0 Å². The van der Waals surface area contributed by atoms with Crippen LogP contribution in [-0.4, -0.2) is 35.5 Å². The molecule has 3 rings (SSSR count). The summed E-state index contributed by atoms with van der Waals surface area (Å²) in [5.74, 6) is 0.794. The fraction of sp³-hybridized carbons (Fsp3) is 0.765. The number of nitrogens with zero attached hydrogens (tertiary/aromatic N) is 2. The molecule has 22 heavy (non-hydrogen) atoms. The van der Waals surface area contributed by atoms with Crippen LogP contribution in [0, 0.1) is 11.3 Å². The molecule has 0 radical (unpaired) electrons. The fourth-order valence-corrected chi connectivity index (χ4v) is 4.29. The summed E-state index contributed by atoms with van der Waals surface area (Å²) in [6, 6.07) is 0. The summed E-state index contributed by atoms with van der Waals surface area (Å²) in [7, 11) is 0. The lowest BCUT2D eigenvalue weighted by Crippen LogP contribution is -2.41. The van der Waals surface area contributed by atoms with E-state index in [0.29, 0.717) is 17.0 Å². The number of rotatable bonds is 2. The molecule has 4 nitrogen and oxygen atoms in total. The van der Waals surface area contributed by atoms with Crippen molar-refractivity contribution >= 4 is 17.2 Å². The summed E-state index contributed by atoms with van der Waals surface area (Å²) in [5, 5.41) is 2.86. The van der Waals surface area contributed by atoms with Crippen molar-refractivity contribution in [3.05, 3.63) is 16.1 Å². The Hall–Kier alpha value is -0.940. The van der Waals surface area contributed by atoms with Crippen molar-refractivity contribution in [2.75, 3.05) is 19.7 Å². The Labute approximate surface area is 136 Å². The molecule has 2 aliphatic rings. The zero-order valence-corrected chi connectivity index (χ0v) is 14.6. The Morgan fingerprint density at radius 1 is 1.32 bits per heavy atom. The molecule has 1 unspecified atom stereocenters. The Bertz CT molecular complexity index is 521. The highest BCUT2D eigenvalue weighted by Gasteiger charge is 2.31. The van der Waals surface area contributed by atoms with E-state index >= 15 is 0 Å². The molecule has 2 fully saturated rings. The maximum atomic E-state index is 12.6. The maximum absolute atomic E-state index is 12.6. The molecule has 1 amide bonds. The highest BCUT2D eigenvalue weighted by molar-refractivity contribution is 7.09. The lowest BCUT2D eigenvalue weighted by atomic mass is 9.75. The number of hydrogen-bond donors (Lipinski definition) is 0. The Balaban J connectivity index is 1.60. The van der Waals surface area contributed by atoms with Gasteiger partial charge in [0, 0.05) is 25.1 Å². The molecule has 1 aromatic heterocycles. The molecule has 0 spiro atoms. The highest BCUT2D eigenvalue weighted by atomic mass is 32.1. The summed E-state index contributed by atoms with van der Waals surface area (Å²) in [6.07, 6.45) is 4.42.